The number of benzene rings is 1. The zero-order chi connectivity index (χ0) is 14.5. The van der Waals surface area contributed by atoms with Gasteiger partial charge in [-0.25, -0.2) is 0 Å². The van der Waals surface area contributed by atoms with Crippen LogP contribution in [0.3, 0.4) is 0 Å². The van der Waals surface area contributed by atoms with Crippen molar-refractivity contribution in [1.82, 2.24) is 4.90 Å². The maximum atomic E-state index is 5.89. The molecular weight excluding hydrogens is 260 g/mol. The predicted molar refractivity (Wildman–Crippen MR) is 86.3 cm³/mol. The van der Waals surface area contributed by atoms with Gasteiger partial charge in [-0.2, -0.15) is 0 Å². The number of hydrogen-bond donors (Lipinski definition) is 1. The first kappa shape index (κ1) is 14.9. The SMILES string of the molecule is NCc1cccc(OCCN2CCC3CCCCC3C2)c1. The van der Waals surface area contributed by atoms with Crippen LogP contribution in [-0.4, -0.2) is 31.1 Å². The van der Waals surface area contributed by atoms with Gasteiger partial charge in [0.1, 0.15) is 12.4 Å². The Morgan fingerprint density at radius 2 is 2.00 bits per heavy atom. The van der Waals surface area contributed by atoms with Gasteiger partial charge in [0.05, 0.1) is 0 Å². The smallest absolute Gasteiger partial charge is 0.119 e. The van der Waals surface area contributed by atoms with Crippen LogP contribution in [-0.2, 0) is 6.54 Å². The molecule has 2 fully saturated rings. The number of fused-ring (bicyclic) bond motifs is 1. The molecule has 21 heavy (non-hydrogen) atoms. The minimum Gasteiger partial charge on any atom is -0.492 e. The molecule has 3 heteroatoms. The van der Waals surface area contributed by atoms with Crippen molar-refractivity contribution in [3.8, 4) is 5.75 Å². The molecule has 1 heterocycles. The largest absolute Gasteiger partial charge is 0.492 e. The normalized spacial score (nSPS) is 26.3. The maximum Gasteiger partial charge on any atom is 0.119 e. The fourth-order valence-electron chi connectivity index (χ4n) is 3.93. The zero-order valence-corrected chi connectivity index (χ0v) is 13.0. The van der Waals surface area contributed by atoms with Crippen molar-refractivity contribution in [1.29, 1.82) is 0 Å². The molecule has 1 aliphatic heterocycles. The van der Waals surface area contributed by atoms with E-state index in [1.807, 2.05) is 24.3 Å². The van der Waals surface area contributed by atoms with Gasteiger partial charge in [0.2, 0.25) is 0 Å². The third-order valence-electron chi connectivity index (χ3n) is 5.19. The summed E-state index contributed by atoms with van der Waals surface area (Å²) in [6, 6.07) is 8.13. The summed E-state index contributed by atoms with van der Waals surface area (Å²) in [6.07, 6.45) is 7.22. The van der Waals surface area contributed by atoms with Crippen LogP contribution in [0, 0.1) is 11.8 Å². The van der Waals surface area contributed by atoms with Crippen molar-refractivity contribution in [2.24, 2.45) is 17.6 Å². The molecule has 0 radical (unpaired) electrons. The number of likely N-dealkylation sites (tertiary alicyclic amines) is 1. The summed E-state index contributed by atoms with van der Waals surface area (Å²) in [5.74, 6) is 2.91. The van der Waals surface area contributed by atoms with Crippen molar-refractivity contribution in [3.63, 3.8) is 0 Å². The van der Waals surface area contributed by atoms with Crippen molar-refractivity contribution in [3.05, 3.63) is 29.8 Å². The summed E-state index contributed by atoms with van der Waals surface area (Å²) in [5.41, 5.74) is 6.80. The molecule has 116 valence electrons. The van der Waals surface area contributed by atoms with Gasteiger partial charge in [0.25, 0.3) is 0 Å². The fourth-order valence-corrected chi connectivity index (χ4v) is 3.93. The predicted octanol–water partition coefficient (Wildman–Crippen LogP) is 3.04. The molecule has 2 N–H and O–H groups in total. The molecule has 0 spiro atoms. The maximum absolute atomic E-state index is 5.89. The lowest BCUT2D eigenvalue weighted by atomic mass is 9.75. The van der Waals surface area contributed by atoms with Crippen LogP contribution in [0.4, 0.5) is 0 Å². The first-order chi connectivity index (χ1) is 10.3. The quantitative estimate of drug-likeness (QED) is 0.905. The van der Waals surface area contributed by atoms with E-state index in [4.69, 9.17) is 10.5 Å². The number of hydrogen-bond acceptors (Lipinski definition) is 3. The number of piperidine rings is 1. The molecule has 1 aromatic rings. The minimum atomic E-state index is 0.576. The Morgan fingerprint density at radius 3 is 2.86 bits per heavy atom. The van der Waals surface area contributed by atoms with Gasteiger partial charge in [0.15, 0.2) is 0 Å². The first-order valence-corrected chi connectivity index (χ1v) is 8.49. The average molecular weight is 288 g/mol. The first-order valence-electron chi connectivity index (χ1n) is 8.49. The van der Waals surface area contributed by atoms with E-state index in [0.29, 0.717) is 6.54 Å². The van der Waals surface area contributed by atoms with E-state index >= 15 is 0 Å². The number of nitrogens with two attached hydrogens (primary N) is 1. The summed E-state index contributed by atoms with van der Waals surface area (Å²) >= 11 is 0. The molecule has 2 aliphatic rings. The van der Waals surface area contributed by atoms with Crippen molar-refractivity contribution < 1.29 is 4.74 Å². The zero-order valence-electron chi connectivity index (χ0n) is 13.0. The summed E-state index contributed by atoms with van der Waals surface area (Å²) in [7, 11) is 0. The summed E-state index contributed by atoms with van der Waals surface area (Å²) in [4.78, 5) is 2.60. The van der Waals surface area contributed by atoms with E-state index in [2.05, 4.69) is 4.90 Å². The van der Waals surface area contributed by atoms with Crippen molar-refractivity contribution in [2.75, 3.05) is 26.2 Å². The van der Waals surface area contributed by atoms with Gasteiger partial charge in [-0.3, -0.25) is 4.90 Å². The van der Waals surface area contributed by atoms with Gasteiger partial charge in [-0.15, -0.1) is 0 Å². The highest BCUT2D eigenvalue weighted by molar-refractivity contribution is 5.28. The van der Waals surface area contributed by atoms with Crippen LogP contribution in [0.5, 0.6) is 5.75 Å². The second kappa shape index (κ2) is 7.28. The summed E-state index contributed by atoms with van der Waals surface area (Å²) in [6.45, 7) is 4.96. The van der Waals surface area contributed by atoms with E-state index in [-0.39, 0.29) is 0 Å². The number of ether oxygens (including phenoxy) is 1. The Morgan fingerprint density at radius 1 is 1.14 bits per heavy atom. The average Bonchev–Trinajstić information content (AvgIpc) is 2.55. The van der Waals surface area contributed by atoms with Gasteiger partial charge in [-0.1, -0.05) is 31.4 Å². The Kier molecular flexibility index (Phi) is 5.15. The topological polar surface area (TPSA) is 38.5 Å². The Bertz CT molecular complexity index is 449. The van der Waals surface area contributed by atoms with Gasteiger partial charge < -0.3 is 10.5 Å². The van der Waals surface area contributed by atoms with E-state index in [0.717, 1.165) is 36.3 Å². The van der Waals surface area contributed by atoms with E-state index in [1.165, 1.54) is 45.2 Å². The van der Waals surface area contributed by atoms with Crippen LogP contribution in [0.2, 0.25) is 0 Å². The molecule has 0 amide bonds. The molecule has 0 aromatic heterocycles. The van der Waals surface area contributed by atoms with Crippen LogP contribution in [0.15, 0.2) is 24.3 Å². The Balaban J connectivity index is 1.43. The van der Waals surface area contributed by atoms with Crippen molar-refractivity contribution in [2.45, 2.75) is 38.6 Å². The Hall–Kier alpha value is -1.06. The number of nitrogens with zero attached hydrogens (tertiary/aromatic N) is 1. The molecule has 0 bridgehead atoms. The van der Waals surface area contributed by atoms with Crippen molar-refractivity contribution >= 4 is 0 Å². The number of rotatable bonds is 5. The highest BCUT2D eigenvalue weighted by Crippen LogP contribution is 2.35. The second-order valence-electron chi connectivity index (χ2n) is 6.59. The summed E-state index contributed by atoms with van der Waals surface area (Å²) in [5, 5.41) is 0. The standard InChI is InChI=1S/C18H28N2O/c19-13-15-4-3-7-18(12-15)21-11-10-20-9-8-16-5-1-2-6-17(16)14-20/h3-4,7,12,16-17H,1-2,5-6,8-11,13-14,19H2. The minimum absolute atomic E-state index is 0.576. The highest BCUT2D eigenvalue weighted by Gasteiger charge is 2.30. The van der Waals surface area contributed by atoms with E-state index in [9.17, 15) is 0 Å². The lowest BCUT2D eigenvalue weighted by Crippen LogP contribution is -2.43. The molecule has 3 nitrogen and oxygen atoms in total. The monoisotopic (exact) mass is 288 g/mol. The molecule has 1 aliphatic carbocycles. The molecule has 2 atom stereocenters. The lowest BCUT2D eigenvalue weighted by molar-refractivity contribution is 0.0766. The fraction of sp³-hybridized carbons (Fsp3) is 0.667. The second-order valence-corrected chi connectivity index (χ2v) is 6.59. The molecule has 1 saturated heterocycles. The van der Waals surface area contributed by atoms with Crippen LogP contribution >= 0.6 is 0 Å². The third-order valence-corrected chi connectivity index (χ3v) is 5.19. The molecule has 1 aromatic carbocycles. The molecule has 3 rings (SSSR count). The summed E-state index contributed by atoms with van der Waals surface area (Å²) < 4.78 is 5.89. The molecule has 2 unspecified atom stereocenters. The van der Waals surface area contributed by atoms with Crippen LogP contribution in [0.1, 0.15) is 37.7 Å². The lowest BCUT2D eigenvalue weighted by Gasteiger charge is -2.41. The van der Waals surface area contributed by atoms with E-state index in [1.54, 1.807) is 0 Å². The van der Waals surface area contributed by atoms with Gasteiger partial charge in [-0.05, 0) is 48.9 Å². The van der Waals surface area contributed by atoms with Crippen LogP contribution in [0.25, 0.3) is 0 Å². The van der Waals surface area contributed by atoms with Gasteiger partial charge >= 0.3 is 0 Å². The van der Waals surface area contributed by atoms with E-state index < -0.39 is 0 Å². The highest BCUT2D eigenvalue weighted by atomic mass is 16.5. The Labute approximate surface area is 128 Å². The van der Waals surface area contributed by atoms with Gasteiger partial charge in [0, 0.05) is 19.6 Å². The molecule has 1 saturated carbocycles. The van der Waals surface area contributed by atoms with Crippen LogP contribution < -0.4 is 10.5 Å². The third kappa shape index (κ3) is 3.98. The molecular formula is C18H28N2O.